The molecule has 0 bridgehead atoms. The topological polar surface area (TPSA) is 141 Å². The molecule has 0 spiro atoms. The Morgan fingerprint density at radius 1 is 0.721 bits per heavy atom. The molecule has 8 rings (SSSR count). The summed E-state index contributed by atoms with van der Waals surface area (Å²) in [5, 5.41) is 12.6. The highest BCUT2D eigenvalue weighted by molar-refractivity contribution is 7.44. The number of nitriles is 1. The van der Waals surface area contributed by atoms with Gasteiger partial charge in [-0.05, 0) is 198 Å². The van der Waals surface area contributed by atoms with Crippen molar-refractivity contribution < 1.29 is 42.3 Å². The summed E-state index contributed by atoms with van der Waals surface area (Å²) < 4.78 is 46.4. The molecule has 9 atom stereocenters. The third-order valence-electron chi connectivity index (χ3n) is 21.3. The summed E-state index contributed by atoms with van der Waals surface area (Å²) in [5.41, 5.74) is 3.31. The molecule has 0 radical (unpaired) electrons. The summed E-state index contributed by atoms with van der Waals surface area (Å²) in [6.07, 6.45) is 20.2. The van der Waals surface area contributed by atoms with Crippen molar-refractivity contribution in [3.05, 3.63) is 101 Å². The van der Waals surface area contributed by atoms with E-state index >= 15 is 0 Å². The van der Waals surface area contributed by atoms with Gasteiger partial charge < -0.3 is 42.9 Å². The first-order valence-electron chi connectivity index (χ1n) is 33.0. The van der Waals surface area contributed by atoms with Crippen LogP contribution in [0.25, 0.3) is 0 Å². The summed E-state index contributed by atoms with van der Waals surface area (Å²) in [4.78, 5) is 29.4. The standard InChI is InChI=1S/C72H107N4O9P/c1-51(2)18-16-19-54(7)64-35-36-65-63-34-27-58-48-62(37-39-69(58,8)66(63)38-40-70(64,65)9)85-68(78)74-44-15-13-14-20-67(77)75-45-41-71(42-46-75,50-84-86(83-47-17-43-73)76(52(3)4)53(5)6)49-82-72(55-21-28-59(79-10)29-22-55,56-23-30-60(80-11)31-24-56)57-25-32-61(81-12)33-26-57/h21-33,51-54,62-66H,13-20,34-42,44-50H2,1-12H3,(H,74,78)/t54-,62?,63+,64-,65+,66+,69+,70-,86?/m1/s1. The molecule has 3 saturated carbocycles. The van der Waals surface area contributed by atoms with Gasteiger partial charge in [0.1, 0.15) is 29.0 Å². The van der Waals surface area contributed by atoms with Crippen LogP contribution in [0.1, 0.15) is 195 Å². The highest BCUT2D eigenvalue weighted by atomic mass is 31.2. The second-order valence-corrected chi connectivity index (χ2v) is 29.1. The Hall–Kier alpha value is -4.70. The van der Waals surface area contributed by atoms with E-state index in [0.29, 0.717) is 50.9 Å². The second-order valence-electron chi connectivity index (χ2n) is 27.7. The van der Waals surface area contributed by atoms with Gasteiger partial charge in [0.05, 0.1) is 53.6 Å². The second kappa shape index (κ2) is 30.7. The Balaban J connectivity index is 0.872. The van der Waals surface area contributed by atoms with Gasteiger partial charge in [-0.25, -0.2) is 9.46 Å². The van der Waals surface area contributed by atoms with E-state index in [2.05, 4.69) is 121 Å². The summed E-state index contributed by atoms with van der Waals surface area (Å²) in [6.45, 7) is 23.6. The Bertz CT molecular complexity index is 2560. The number of benzene rings is 3. The highest BCUT2D eigenvalue weighted by Crippen LogP contribution is 2.67. The largest absolute Gasteiger partial charge is 0.497 e. The first kappa shape index (κ1) is 67.2. The number of methoxy groups -OCH3 is 3. The number of likely N-dealkylation sites (tertiary alicyclic amines) is 1. The van der Waals surface area contributed by atoms with Crippen molar-refractivity contribution >= 4 is 20.5 Å². The summed E-state index contributed by atoms with van der Waals surface area (Å²) in [5.74, 6) is 7.15. The van der Waals surface area contributed by atoms with Gasteiger partial charge >= 0.3 is 6.09 Å². The number of piperidine rings is 1. The van der Waals surface area contributed by atoms with Crippen molar-refractivity contribution in [1.29, 1.82) is 5.26 Å². The van der Waals surface area contributed by atoms with Crippen LogP contribution >= 0.6 is 8.53 Å². The molecule has 2 unspecified atom stereocenters. The summed E-state index contributed by atoms with van der Waals surface area (Å²) >= 11 is 0. The lowest BCUT2D eigenvalue weighted by molar-refractivity contribution is -0.136. The lowest BCUT2D eigenvalue weighted by Gasteiger charge is -2.58. The zero-order valence-corrected chi connectivity index (χ0v) is 55.5. The molecule has 1 N–H and O–H groups in total. The normalized spacial score (nSPS) is 25.2. The zero-order chi connectivity index (χ0) is 61.7. The molecular formula is C72H107N4O9P. The van der Waals surface area contributed by atoms with Gasteiger partial charge in [0.2, 0.25) is 5.91 Å². The molecule has 5 aliphatic rings. The van der Waals surface area contributed by atoms with Gasteiger partial charge in [-0.3, -0.25) is 4.79 Å². The molecular weight excluding hydrogens is 1100 g/mol. The molecule has 1 saturated heterocycles. The van der Waals surface area contributed by atoms with Crippen molar-refractivity contribution in [2.75, 3.05) is 60.8 Å². The van der Waals surface area contributed by atoms with E-state index in [-0.39, 0.29) is 55.2 Å². The van der Waals surface area contributed by atoms with Crippen molar-refractivity contribution in [3.63, 3.8) is 0 Å². The van der Waals surface area contributed by atoms with Gasteiger partial charge in [-0.1, -0.05) is 108 Å². The number of amides is 2. The van der Waals surface area contributed by atoms with Crippen molar-refractivity contribution in [1.82, 2.24) is 14.9 Å². The van der Waals surface area contributed by atoms with Gasteiger partial charge in [-0.15, -0.1) is 0 Å². The van der Waals surface area contributed by atoms with Gasteiger partial charge in [0, 0.05) is 50.0 Å². The van der Waals surface area contributed by atoms with E-state index in [9.17, 15) is 14.9 Å². The van der Waals surface area contributed by atoms with Crippen LogP contribution in [0.3, 0.4) is 0 Å². The average molecular weight is 1200 g/mol. The number of hydrogen-bond acceptors (Lipinski definition) is 11. The molecule has 4 fully saturated rings. The molecule has 14 heteroatoms. The van der Waals surface area contributed by atoms with Crippen LogP contribution in [-0.2, 0) is 28.9 Å². The average Bonchev–Trinajstić information content (AvgIpc) is 1.41. The number of nitrogens with one attached hydrogen (secondary N) is 1. The van der Waals surface area contributed by atoms with Crippen molar-refractivity contribution in [3.8, 4) is 23.3 Å². The van der Waals surface area contributed by atoms with Crippen molar-refractivity contribution in [2.24, 2.45) is 51.8 Å². The van der Waals surface area contributed by atoms with Gasteiger partial charge in [-0.2, -0.15) is 5.26 Å². The predicted molar refractivity (Wildman–Crippen MR) is 344 cm³/mol. The maximum Gasteiger partial charge on any atom is 0.407 e. The van der Waals surface area contributed by atoms with Crippen LogP contribution in [0, 0.1) is 63.1 Å². The number of alkyl carbamates (subject to hydrolysis) is 1. The van der Waals surface area contributed by atoms with Crippen LogP contribution in [0.2, 0.25) is 0 Å². The SMILES string of the molecule is COc1ccc(C(OCC2(COP(OCCC#N)N(C(C)C)C(C)C)CCN(C(=O)CCCCCNC(=O)OC3CC[C@@]4(C)C(=CC[C@H]5[C@@H]6CC[C@H]([C@H](C)CCCC(C)C)[C@@]6(C)CC[C@@H]54)C3)CC2)(c2ccc(OC)cc2)c2ccc(OC)cc2)cc1. The molecule has 1 aliphatic heterocycles. The van der Waals surface area contributed by atoms with Crippen LogP contribution in [-0.4, -0.2) is 101 Å². The van der Waals surface area contributed by atoms with E-state index < -0.39 is 19.5 Å². The van der Waals surface area contributed by atoms with Crippen LogP contribution < -0.4 is 19.5 Å². The molecule has 4 aliphatic carbocycles. The fourth-order valence-corrected chi connectivity index (χ4v) is 18.2. The lowest BCUT2D eigenvalue weighted by Crippen LogP contribution is -2.51. The number of unbranched alkanes of at least 4 members (excludes halogenated alkanes) is 2. The fourth-order valence-electron chi connectivity index (χ4n) is 16.4. The molecule has 0 aromatic heterocycles. The number of ether oxygens (including phenoxy) is 5. The predicted octanol–water partition coefficient (Wildman–Crippen LogP) is 16.6. The Kier molecular flexibility index (Phi) is 24.0. The molecule has 474 valence electrons. The Labute approximate surface area is 519 Å². The molecule has 1 heterocycles. The lowest BCUT2D eigenvalue weighted by atomic mass is 9.47. The third kappa shape index (κ3) is 15.6. The first-order valence-corrected chi connectivity index (χ1v) is 34.2. The maximum atomic E-state index is 14.1. The van der Waals surface area contributed by atoms with E-state index in [0.717, 1.165) is 108 Å². The van der Waals surface area contributed by atoms with E-state index in [1.807, 2.05) is 41.3 Å². The van der Waals surface area contributed by atoms with Gasteiger partial charge in [0.25, 0.3) is 8.53 Å². The van der Waals surface area contributed by atoms with E-state index in [1.165, 1.54) is 51.4 Å². The zero-order valence-electron chi connectivity index (χ0n) is 54.6. The number of carbonyl (C=O) groups is 2. The number of fused-ring (bicyclic) bond motifs is 5. The maximum absolute atomic E-state index is 14.1. The van der Waals surface area contributed by atoms with E-state index in [1.54, 1.807) is 26.9 Å². The molecule has 3 aromatic rings. The fraction of sp³-hybridized carbons (Fsp3) is 0.681. The Morgan fingerprint density at radius 3 is 1.88 bits per heavy atom. The summed E-state index contributed by atoms with van der Waals surface area (Å²) in [6, 6.07) is 26.6. The monoisotopic (exact) mass is 1200 g/mol. The summed E-state index contributed by atoms with van der Waals surface area (Å²) in [7, 11) is 3.44. The number of nitrogens with zero attached hydrogens (tertiary/aromatic N) is 3. The minimum absolute atomic E-state index is 0.0841. The molecule has 3 aromatic carbocycles. The Morgan fingerprint density at radius 2 is 1.33 bits per heavy atom. The highest BCUT2D eigenvalue weighted by Gasteiger charge is 2.59. The minimum atomic E-state index is -1.55. The number of hydrogen-bond donors (Lipinski definition) is 1. The molecule has 2 amide bonds. The smallest absolute Gasteiger partial charge is 0.407 e. The van der Waals surface area contributed by atoms with Crippen LogP contribution in [0.4, 0.5) is 4.79 Å². The third-order valence-corrected chi connectivity index (χ3v) is 23.3. The van der Waals surface area contributed by atoms with Gasteiger partial charge in [0.15, 0.2) is 0 Å². The first-order chi connectivity index (χ1) is 41.3. The minimum Gasteiger partial charge on any atom is -0.497 e. The molecule has 13 nitrogen and oxygen atoms in total. The van der Waals surface area contributed by atoms with Crippen LogP contribution in [0.15, 0.2) is 84.4 Å². The number of carbonyl (C=O) groups excluding carboxylic acids is 2. The molecule has 86 heavy (non-hydrogen) atoms. The number of allylic oxidation sites excluding steroid dienone is 1. The quantitative estimate of drug-likeness (QED) is 0.0295. The van der Waals surface area contributed by atoms with Crippen molar-refractivity contribution in [2.45, 2.75) is 202 Å². The van der Waals surface area contributed by atoms with E-state index in [4.69, 9.17) is 32.7 Å². The number of rotatable bonds is 30. The van der Waals surface area contributed by atoms with Crippen LogP contribution in [0.5, 0.6) is 17.2 Å².